The Balaban J connectivity index is 2.30. The monoisotopic (exact) mass is 269 g/mol. The Morgan fingerprint density at radius 1 is 1.44 bits per heavy atom. The third-order valence-electron chi connectivity index (χ3n) is 2.61. The highest BCUT2D eigenvalue weighted by Crippen LogP contribution is 2.16. The van der Waals surface area contributed by atoms with E-state index < -0.39 is 0 Å². The van der Waals surface area contributed by atoms with Gasteiger partial charge >= 0.3 is 0 Å². The van der Waals surface area contributed by atoms with Gasteiger partial charge in [-0.2, -0.15) is 0 Å². The number of aryl methyl sites for hydroxylation is 1. The first kappa shape index (κ1) is 15.2. The van der Waals surface area contributed by atoms with Crippen molar-refractivity contribution >= 4 is 17.4 Å². The Labute approximate surface area is 113 Å². The lowest BCUT2D eigenvalue weighted by Gasteiger charge is -2.06. The van der Waals surface area contributed by atoms with E-state index in [1.807, 2.05) is 19.9 Å². The van der Waals surface area contributed by atoms with Gasteiger partial charge in [-0.05, 0) is 50.6 Å². The molecule has 0 saturated carbocycles. The van der Waals surface area contributed by atoms with Gasteiger partial charge < -0.3 is 10.1 Å². The van der Waals surface area contributed by atoms with Crippen LogP contribution in [0.5, 0.6) is 0 Å². The Morgan fingerprint density at radius 3 is 2.89 bits per heavy atom. The van der Waals surface area contributed by atoms with Crippen molar-refractivity contribution in [2.45, 2.75) is 20.3 Å². The quantitative estimate of drug-likeness (QED) is 0.583. The van der Waals surface area contributed by atoms with Gasteiger partial charge in [0.05, 0.1) is 6.54 Å². The van der Waals surface area contributed by atoms with Crippen molar-refractivity contribution in [3.05, 3.63) is 34.3 Å². The van der Waals surface area contributed by atoms with Crippen LogP contribution in [0.1, 0.15) is 29.3 Å². The second-order valence-corrected chi connectivity index (χ2v) is 4.52. The van der Waals surface area contributed by atoms with Crippen LogP contribution in [0.3, 0.4) is 0 Å². The number of halogens is 1. The number of Topliss-reactive ketones (excluding diaryl/α,β-unsaturated/α-hetero) is 1. The molecule has 0 radical (unpaired) electrons. The molecule has 0 aliphatic carbocycles. The lowest BCUT2D eigenvalue weighted by molar-refractivity contribution is 0.0988. The Hall–Kier alpha value is -0.900. The molecule has 1 aromatic carbocycles. The fourth-order valence-corrected chi connectivity index (χ4v) is 1.68. The molecule has 0 heterocycles. The fourth-order valence-electron chi connectivity index (χ4n) is 1.57. The molecule has 1 N–H and O–H groups in total. The molecule has 1 rings (SSSR count). The van der Waals surface area contributed by atoms with Crippen LogP contribution in [0.25, 0.3) is 0 Å². The van der Waals surface area contributed by atoms with E-state index in [0.29, 0.717) is 17.1 Å². The molecule has 0 fully saturated rings. The summed E-state index contributed by atoms with van der Waals surface area (Å²) in [5.41, 5.74) is 1.63. The number of hydrogen-bond acceptors (Lipinski definition) is 3. The number of nitrogens with one attached hydrogen (secondary N) is 1. The molecular weight excluding hydrogens is 250 g/mol. The average Bonchev–Trinajstić information content (AvgIpc) is 2.36. The normalized spacial score (nSPS) is 10.6. The largest absolute Gasteiger partial charge is 0.382 e. The van der Waals surface area contributed by atoms with Gasteiger partial charge in [0.15, 0.2) is 5.78 Å². The first-order chi connectivity index (χ1) is 8.65. The molecule has 0 aromatic heterocycles. The van der Waals surface area contributed by atoms with Gasteiger partial charge in [-0.1, -0.05) is 11.6 Å². The molecule has 0 amide bonds. The van der Waals surface area contributed by atoms with E-state index in [2.05, 4.69) is 5.32 Å². The first-order valence-corrected chi connectivity index (χ1v) is 6.60. The Bertz CT molecular complexity index is 393. The summed E-state index contributed by atoms with van der Waals surface area (Å²) in [4.78, 5) is 11.9. The second-order valence-electron chi connectivity index (χ2n) is 4.11. The third kappa shape index (κ3) is 5.17. The zero-order chi connectivity index (χ0) is 13.4. The highest BCUT2D eigenvalue weighted by Gasteiger charge is 2.06. The Kier molecular flexibility index (Phi) is 6.94. The zero-order valence-electron chi connectivity index (χ0n) is 11.0. The van der Waals surface area contributed by atoms with E-state index >= 15 is 0 Å². The summed E-state index contributed by atoms with van der Waals surface area (Å²) < 4.78 is 5.21. The number of benzene rings is 1. The van der Waals surface area contributed by atoms with Gasteiger partial charge in [0.25, 0.3) is 0 Å². The lowest BCUT2D eigenvalue weighted by Crippen LogP contribution is -2.24. The minimum absolute atomic E-state index is 0.0891. The molecule has 0 bridgehead atoms. The topological polar surface area (TPSA) is 38.3 Å². The van der Waals surface area contributed by atoms with E-state index in [1.165, 1.54) is 0 Å². The molecule has 4 heteroatoms. The number of hydrogen-bond donors (Lipinski definition) is 1. The molecule has 0 saturated heterocycles. The smallest absolute Gasteiger partial charge is 0.176 e. The number of ether oxygens (including phenoxy) is 1. The summed E-state index contributed by atoms with van der Waals surface area (Å²) in [5.74, 6) is 0.0891. The SMILES string of the molecule is CCOCCCNCC(=O)c1ccc(Cl)c(C)c1. The van der Waals surface area contributed by atoms with Gasteiger partial charge in [0, 0.05) is 23.8 Å². The molecular formula is C14H20ClNO2. The lowest BCUT2D eigenvalue weighted by atomic mass is 10.1. The summed E-state index contributed by atoms with van der Waals surface area (Å²) in [5, 5.41) is 3.81. The molecule has 0 spiro atoms. The van der Waals surface area contributed by atoms with E-state index in [4.69, 9.17) is 16.3 Å². The molecule has 18 heavy (non-hydrogen) atoms. The highest BCUT2D eigenvalue weighted by molar-refractivity contribution is 6.31. The van der Waals surface area contributed by atoms with E-state index in [0.717, 1.165) is 31.7 Å². The predicted octanol–water partition coefficient (Wildman–Crippen LogP) is 2.85. The maximum absolute atomic E-state index is 11.9. The van der Waals surface area contributed by atoms with Crippen molar-refractivity contribution in [1.29, 1.82) is 0 Å². The standard InChI is InChI=1S/C14H20ClNO2/c1-3-18-8-4-7-16-10-14(17)12-5-6-13(15)11(2)9-12/h5-6,9,16H,3-4,7-8,10H2,1-2H3. The summed E-state index contributed by atoms with van der Waals surface area (Å²) >= 11 is 5.92. The third-order valence-corrected chi connectivity index (χ3v) is 3.04. The molecule has 0 unspecified atom stereocenters. The van der Waals surface area contributed by atoms with Crippen molar-refractivity contribution < 1.29 is 9.53 Å². The van der Waals surface area contributed by atoms with Gasteiger partial charge in [0.2, 0.25) is 0 Å². The highest BCUT2D eigenvalue weighted by atomic mass is 35.5. The van der Waals surface area contributed by atoms with Crippen molar-refractivity contribution in [3.63, 3.8) is 0 Å². The van der Waals surface area contributed by atoms with Crippen LogP contribution in [0.15, 0.2) is 18.2 Å². The van der Waals surface area contributed by atoms with Gasteiger partial charge in [-0.25, -0.2) is 0 Å². The maximum Gasteiger partial charge on any atom is 0.176 e. The fraction of sp³-hybridized carbons (Fsp3) is 0.500. The van der Waals surface area contributed by atoms with Gasteiger partial charge in [0.1, 0.15) is 0 Å². The van der Waals surface area contributed by atoms with Crippen LogP contribution in [0.4, 0.5) is 0 Å². The van der Waals surface area contributed by atoms with Crippen LogP contribution in [0.2, 0.25) is 5.02 Å². The van der Waals surface area contributed by atoms with Crippen LogP contribution in [-0.2, 0) is 4.74 Å². The van der Waals surface area contributed by atoms with Crippen LogP contribution >= 0.6 is 11.6 Å². The number of carbonyl (C=O) groups excluding carboxylic acids is 1. The minimum Gasteiger partial charge on any atom is -0.382 e. The molecule has 0 atom stereocenters. The van der Waals surface area contributed by atoms with E-state index in [1.54, 1.807) is 12.1 Å². The van der Waals surface area contributed by atoms with Crippen molar-refractivity contribution in [2.75, 3.05) is 26.3 Å². The summed E-state index contributed by atoms with van der Waals surface area (Å²) in [6.45, 7) is 6.49. The van der Waals surface area contributed by atoms with E-state index in [-0.39, 0.29) is 5.78 Å². The number of rotatable bonds is 8. The number of ketones is 1. The van der Waals surface area contributed by atoms with E-state index in [9.17, 15) is 4.79 Å². The van der Waals surface area contributed by atoms with Crippen LogP contribution < -0.4 is 5.32 Å². The van der Waals surface area contributed by atoms with Crippen molar-refractivity contribution in [3.8, 4) is 0 Å². The summed E-state index contributed by atoms with van der Waals surface area (Å²) in [6, 6.07) is 5.35. The summed E-state index contributed by atoms with van der Waals surface area (Å²) in [7, 11) is 0. The molecule has 1 aromatic rings. The van der Waals surface area contributed by atoms with Gasteiger partial charge in [-0.15, -0.1) is 0 Å². The van der Waals surface area contributed by atoms with Crippen LogP contribution in [0, 0.1) is 6.92 Å². The minimum atomic E-state index is 0.0891. The predicted molar refractivity (Wildman–Crippen MR) is 74.5 cm³/mol. The molecule has 3 nitrogen and oxygen atoms in total. The zero-order valence-corrected chi connectivity index (χ0v) is 11.7. The first-order valence-electron chi connectivity index (χ1n) is 6.23. The Morgan fingerprint density at radius 2 is 2.22 bits per heavy atom. The van der Waals surface area contributed by atoms with Crippen molar-refractivity contribution in [2.24, 2.45) is 0 Å². The molecule has 0 aliphatic heterocycles. The van der Waals surface area contributed by atoms with Crippen LogP contribution in [-0.4, -0.2) is 32.1 Å². The number of carbonyl (C=O) groups is 1. The maximum atomic E-state index is 11.9. The van der Waals surface area contributed by atoms with Crippen molar-refractivity contribution in [1.82, 2.24) is 5.32 Å². The van der Waals surface area contributed by atoms with Gasteiger partial charge in [-0.3, -0.25) is 4.79 Å². The average molecular weight is 270 g/mol. The molecule has 100 valence electrons. The molecule has 0 aliphatic rings. The second kappa shape index (κ2) is 8.25. The summed E-state index contributed by atoms with van der Waals surface area (Å²) in [6.07, 6.45) is 0.917.